The van der Waals surface area contributed by atoms with E-state index in [2.05, 4.69) is 4.98 Å². The maximum Gasteiger partial charge on any atom is 0.272 e. The number of fused-ring (bicyclic) bond motifs is 1. The Balaban J connectivity index is 1.98. The van der Waals surface area contributed by atoms with E-state index in [1.54, 1.807) is 28.6 Å². The lowest BCUT2D eigenvalue weighted by Gasteiger charge is -2.17. The molecule has 0 aliphatic rings. The highest BCUT2D eigenvalue weighted by Gasteiger charge is 2.21. The first kappa shape index (κ1) is 15.6. The molecule has 118 valence electrons. The second kappa shape index (κ2) is 6.42. The number of rotatable bonds is 4. The molecule has 0 bridgehead atoms. The number of carbonyl (C=O) groups is 1. The lowest BCUT2D eigenvalue weighted by atomic mass is 10.2. The summed E-state index contributed by atoms with van der Waals surface area (Å²) < 4.78 is 1.78. The summed E-state index contributed by atoms with van der Waals surface area (Å²) >= 11 is 6.08. The number of imidazole rings is 1. The number of benzene rings is 1. The van der Waals surface area contributed by atoms with Crippen molar-refractivity contribution >= 4 is 23.2 Å². The molecule has 4 nitrogen and oxygen atoms in total. The van der Waals surface area contributed by atoms with Gasteiger partial charge in [-0.05, 0) is 24.1 Å². The maximum atomic E-state index is 12.9. The standard InChI is InChI=1S/C18H18ClN3O/c1-3-15-17(22-12-14(19)9-10-16(22)20-15)18(23)21(2)11-13-7-5-4-6-8-13/h4-10,12H,3,11H2,1-2H3. The van der Waals surface area contributed by atoms with Gasteiger partial charge in [0, 0.05) is 19.8 Å². The first-order valence-electron chi connectivity index (χ1n) is 7.56. The number of hydrogen-bond donors (Lipinski definition) is 0. The molecule has 23 heavy (non-hydrogen) atoms. The highest BCUT2D eigenvalue weighted by molar-refractivity contribution is 6.30. The highest BCUT2D eigenvalue weighted by Crippen LogP contribution is 2.19. The lowest BCUT2D eigenvalue weighted by Crippen LogP contribution is -2.28. The first-order valence-corrected chi connectivity index (χ1v) is 7.94. The van der Waals surface area contributed by atoms with Gasteiger partial charge in [0.25, 0.3) is 5.91 Å². The molecular formula is C18H18ClN3O. The smallest absolute Gasteiger partial charge is 0.272 e. The fourth-order valence-corrected chi connectivity index (χ4v) is 2.81. The van der Waals surface area contributed by atoms with Crippen molar-refractivity contribution in [3.05, 3.63) is 70.6 Å². The van der Waals surface area contributed by atoms with Gasteiger partial charge in [-0.25, -0.2) is 4.98 Å². The van der Waals surface area contributed by atoms with Crippen molar-refractivity contribution in [1.82, 2.24) is 14.3 Å². The van der Waals surface area contributed by atoms with Gasteiger partial charge in [0.05, 0.1) is 10.7 Å². The van der Waals surface area contributed by atoms with Gasteiger partial charge < -0.3 is 4.90 Å². The van der Waals surface area contributed by atoms with Crippen LogP contribution < -0.4 is 0 Å². The quantitative estimate of drug-likeness (QED) is 0.730. The van der Waals surface area contributed by atoms with E-state index < -0.39 is 0 Å². The molecule has 0 atom stereocenters. The van der Waals surface area contributed by atoms with Crippen LogP contribution in [-0.4, -0.2) is 27.2 Å². The normalized spacial score (nSPS) is 10.9. The third-order valence-corrected chi connectivity index (χ3v) is 4.02. The fourth-order valence-electron chi connectivity index (χ4n) is 2.65. The summed E-state index contributed by atoms with van der Waals surface area (Å²) in [4.78, 5) is 19.2. The summed E-state index contributed by atoms with van der Waals surface area (Å²) in [6.45, 7) is 2.55. The van der Waals surface area contributed by atoms with E-state index in [0.717, 1.165) is 16.9 Å². The number of carbonyl (C=O) groups excluding carboxylic acids is 1. The molecule has 1 amide bonds. The van der Waals surface area contributed by atoms with E-state index in [9.17, 15) is 4.79 Å². The Morgan fingerprint density at radius 2 is 1.96 bits per heavy atom. The molecule has 0 N–H and O–H groups in total. The molecule has 5 heteroatoms. The van der Waals surface area contributed by atoms with E-state index in [-0.39, 0.29) is 5.91 Å². The number of aryl methyl sites for hydroxylation is 1. The summed E-state index contributed by atoms with van der Waals surface area (Å²) in [7, 11) is 1.80. The zero-order valence-electron chi connectivity index (χ0n) is 13.2. The minimum absolute atomic E-state index is 0.0551. The SMILES string of the molecule is CCc1nc2ccc(Cl)cn2c1C(=O)N(C)Cc1ccccc1. The zero-order valence-corrected chi connectivity index (χ0v) is 13.9. The van der Waals surface area contributed by atoms with E-state index >= 15 is 0 Å². The Morgan fingerprint density at radius 1 is 1.22 bits per heavy atom. The van der Waals surface area contributed by atoms with Gasteiger partial charge in [-0.15, -0.1) is 0 Å². The summed E-state index contributed by atoms with van der Waals surface area (Å²) in [5, 5.41) is 0.581. The van der Waals surface area contributed by atoms with E-state index in [0.29, 0.717) is 23.7 Å². The molecule has 0 saturated carbocycles. The second-order valence-electron chi connectivity index (χ2n) is 5.48. The van der Waals surface area contributed by atoms with Gasteiger partial charge >= 0.3 is 0 Å². The zero-order chi connectivity index (χ0) is 16.4. The maximum absolute atomic E-state index is 12.9. The van der Waals surface area contributed by atoms with E-state index in [4.69, 9.17) is 11.6 Å². The molecule has 0 spiro atoms. The molecule has 0 unspecified atom stereocenters. The van der Waals surface area contributed by atoms with Crippen molar-refractivity contribution < 1.29 is 4.79 Å². The average Bonchev–Trinajstić information content (AvgIpc) is 2.92. The minimum Gasteiger partial charge on any atom is -0.336 e. The summed E-state index contributed by atoms with van der Waals surface area (Å²) in [6, 6.07) is 13.5. The van der Waals surface area contributed by atoms with Crippen molar-refractivity contribution in [2.24, 2.45) is 0 Å². The van der Waals surface area contributed by atoms with Crippen molar-refractivity contribution in [2.75, 3.05) is 7.05 Å². The van der Waals surface area contributed by atoms with Crippen LogP contribution in [-0.2, 0) is 13.0 Å². The number of hydrogen-bond acceptors (Lipinski definition) is 2. The molecule has 0 radical (unpaired) electrons. The van der Waals surface area contributed by atoms with Crippen LogP contribution in [0.1, 0.15) is 28.7 Å². The largest absolute Gasteiger partial charge is 0.336 e. The molecule has 2 aromatic heterocycles. The average molecular weight is 328 g/mol. The predicted octanol–water partition coefficient (Wildman–Crippen LogP) is 3.82. The third kappa shape index (κ3) is 3.08. The van der Waals surface area contributed by atoms with Crippen LogP contribution >= 0.6 is 11.6 Å². The fraction of sp³-hybridized carbons (Fsp3) is 0.222. The Labute approximate surface area is 140 Å². The van der Waals surface area contributed by atoms with Crippen LogP contribution in [0.5, 0.6) is 0 Å². The number of amides is 1. The van der Waals surface area contributed by atoms with Crippen molar-refractivity contribution in [2.45, 2.75) is 19.9 Å². The van der Waals surface area contributed by atoms with Crippen LogP contribution in [0.15, 0.2) is 48.7 Å². The molecule has 2 heterocycles. The topological polar surface area (TPSA) is 37.6 Å². The summed E-state index contributed by atoms with van der Waals surface area (Å²) in [5.74, 6) is -0.0551. The monoisotopic (exact) mass is 327 g/mol. The second-order valence-corrected chi connectivity index (χ2v) is 5.92. The van der Waals surface area contributed by atoms with E-state index in [1.807, 2.05) is 43.3 Å². The molecule has 0 aliphatic carbocycles. The molecule has 0 fully saturated rings. The van der Waals surface area contributed by atoms with Gasteiger partial charge in [-0.1, -0.05) is 48.9 Å². The molecule has 3 aromatic rings. The van der Waals surface area contributed by atoms with Gasteiger partial charge in [-0.3, -0.25) is 9.20 Å². The number of aromatic nitrogens is 2. The lowest BCUT2D eigenvalue weighted by molar-refractivity contribution is 0.0777. The number of nitrogens with zero attached hydrogens (tertiary/aromatic N) is 3. The predicted molar refractivity (Wildman–Crippen MR) is 91.8 cm³/mol. The third-order valence-electron chi connectivity index (χ3n) is 3.80. The van der Waals surface area contributed by atoms with Gasteiger partial charge in [0.15, 0.2) is 0 Å². The van der Waals surface area contributed by atoms with Crippen LogP contribution in [0, 0.1) is 0 Å². The molecule has 0 saturated heterocycles. The molecule has 3 rings (SSSR count). The van der Waals surface area contributed by atoms with Crippen LogP contribution in [0.2, 0.25) is 5.02 Å². The van der Waals surface area contributed by atoms with Crippen molar-refractivity contribution in [3.8, 4) is 0 Å². The summed E-state index contributed by atoms with van der Waals surface area (Å²) in [5.41, 5.74) is 3.21. The minimum atomic E-state index is -0.0551. The highest BCUT2D eigenvalue weighted by atomic mass is 35.5. The van der Waals surface area contributed by atoms with Crippen LogP contribution in [0.25, 0.3) is 5.65 Å². The van der Waals surface area contributed by atoms with Crippen LogP contribution in [0.3, 0.4) is 0 Å². The Bertz CT molecular complexity index is 842. The molecule has 1 aromatic carbocycles. The summed E-state index contributed by atoms with van der Waals surface area (Å²) in [6.07, 6.45) is 2.44. The molecular weight excluding hydrogens is 310 g/mol. The van der Waals surface area contributed by atoms with E-state index in [1.165, 1.54) is 0 Å². The first-order chi connectivity index (χ1) is 11.1. The van der Waals surface area contributed by atoms with Crippen molar-refractivity contribution in [1.29, 1.82) is 0 Å². The van der Waals surface area contributed by atoms with Gasteiger partial charge in [-0.2, -0.15) is 0 Å². The number of halogens is 1. The van der Waals surface area contributed by atoms with Crippen molar-refractivity contribution in [3.63, 3.8) is 0 Å². The van der Waals surface area contributed by atoms with Gasteiger partial charge in [0.2, 0.25) is 0 Å². The van der Waals surface area contributed by atoms with Gasteiger partial charge in [0.1, 0.15) is 11.3 Å². The number of pyridine rings is 1. The Hall–Kier alpha value is -2.33. The Morgan fingerprint density at radius 3 is 2.65 bits per heavy atom. The molecule has 0 aliphatic heterocycles. The Kier molecular flexibility index (Phi) is 4.35. The van der Waals surface area contributed by atoms with Crippen LogP contribution in [0.4, 0.5) is 0 Å².